The van der Waals surface area contributed by atoms with Gasteiger partial charge in [-0.25, -0.2) is 4.68 Å². The first-order chi connectivity index (χ1) is 7.83. The quantitative estimate of drug-likeness (QED) is 0.847. The molecule has 0 aromatic carbocycles. The SMILES string of the molecule is CCn1nc(C)c2[nH]c(=S)n(CC(F)(F)F)c21. The van der Waals surface area contributed by atoms with E-state index in [1.54, 1.807) is 6.92 Å². The summed E-state index contributed by atoms with van der Waals surface area (Å²) in [5, 5.41) is 4.15. The Morgan fingerprint density at radius 1 is 1.41 bits per heavy atom. The Morgan fingerprint density at radius 3 is 2.59 bits per heavy atom. The molecule has 0 saturated heterocycles. The summed E-state index contributed by atoms with van der Waals surface area (Å²) >= 11 is 4.91. The minimum Gasteiger partial charge on any atom is -0.328 e. The predicted molar refractivity (Wildman–Crippen MR) is 59.4 cm³/mol. The van der Waals surface area contributed by atoms with Crippen molar-refractivity contribution in [1.82, 2.24) is 19.3 Å². The van der Waals surface area contributed by atoms with Crippen LogP contribution in [0.2, 0.25) is 0 Å². The monoisotopic (exact) mass is 264 g/mol. The van der Waals surface area contributed by atoms with Gasteiger partial charge in [-0.3, -0.25) is 4.57 Å². The Bertz CT molecular complexity index is 604. The van der Waals surface area contributed by atoms with E-state index in [1.807, 2.05) is 6.92 Å². The number of aryl methyl sites for hydroxylation is 2. The second-order valence-corrected chi connectivity index (χ2v) is 4.12. The van der Waals surface area contributed by atoms with Crippen LogP contribution in [0.5, 0.6) is 0 Å². The van der Waals surface area contributed by atoms with Crippen LogP contribution in [0.15, 0.2) is 0 Å². The van der Waals surface area contributed by atoms with Crippen LogP contribution in [-0.2, 0) is 13.1 Å². The maximum atomic E-state index is 12.5. The molecule has 2 aromatic heterocycles. The van der Waals surface area contributed by atoms with Crippen LogP contribution in [0.4, 0.5) is 13.2 Å². The van der Waals surface area contributed by atoms with Gasteiger partial charge in [-0.05, 0) is 26.1 Å². The molecule has 0 aliphatic heterocycles. The molecule has 0 radical (unpaired) electrons. The molecule has 0 bridgehead atoms. The minimum atomic E-state index is -4.30. The summed E-state index contributed by atoms with van der Waals surface area (Å²) in [6.07, 6.45) is -4.30. The lowest BCUT2D eigenvalue weighted by atomic mass is 10.4. The average Bonchev–Trinajstić information content (AvgIpc) is 2.66. The maximum absolute atomic E-state index is 12.5. The fourth-order valence-electron chi connectivity index (χ4n) is 1.81. The lowest BCUT2D eigenvalue weighted by molar-refractivity contribution is -0.140. The van der Waals surface area contributed by atoms with E-state index in [0.29, 0.717) is 23.4 Å². The fourth-order valence-corrected chi connectivity index (χ4v) is 2.06. The molecule has 2 heterocycles. The summed E-state index contributed by atoms with van der Waals surface area (Å²) in [6, 6.07) is 0. The third kappa shape index (κ3) is 2.08. The van der Waals surface area contributed by atoms with Crippen molar-refractivity contribution < 1.29 is 13.2 Å². The number of H-pyrrole nitrogens is 1. The predicted octanol–water partition coefficient (Wildman–Crippen LogP) is 2.79. The molecule has 0 atom stereocenters. The molecule has 0 aliphatic carbocycles. The molecule has 17 heavy (non-hydrogen) atoms. The lowest BCUT2D eigenvalue weighted by Gasteiger charge is -2.09. The van der Waals surface area contributed by atoms with Crippen LogP contribution >= 0.6 is 12.2 Å². The molecule has 0 spiro atoms. The normalized spacial score (nSPS) is 12.5. The van der Waals surface area contributed by atoms with Crippen molar-refractivity contribution in [1.29, 1.82) is 0 Å². The molecular formula is C9H11F3N4S. The second-order valence-electron chi connectivity index (χ2n) is 3.73. The minimum absolute atomic E-state index is 0.0695. The highest BCUT2D eigenvalue weighted by atomic mass is 32.1. The number of hydrogen-bond acceptors (Lipinski definition) is 2. The molecule has 0 fully saturated rings. The van der Waals surface area contributed by atoms with Gasteiger partial charge in [0.25, 0.3) is 0 Å². The highest BCUT2D eigenvalue weighted by molar-refractivity contribution is 7.71. The average molecular weight is 264 g/mol. The smallest absolute Gasteiger partial charge is 0.328 e. The van der Waals surface area contributed by atoms with Crippen LogP contribution in [-0.4, -0.2) is 25.5 Å². The van der Waals surface area contributed by atoms with Gasteiger partial charge in [0, 0.05) is 6.54 Å². The number of aromatic nitrogens is 4. The fraction of sp³-hybridized carbons (Fsp3) is 0.556. The molecule has 1 N–H and O–H groups in total. The summed E-state index contributed by atoms with van der Waals surface area (Å²) in [6.45, 7) is 2.95. The van der Waals surface area contributed by atoms with E-state index >= 15 is 0 Å². The number of fused-ring (bicyclic) bond motifs is 1. The zero-order chi connectivity index (χ0) is 12.8. The molecule has 0 unspecified atom stereocenters. The largest absolute Gasteiger partial charge is 0.406 e. The van der Waals surface area contributed by atoms with Crippen molar-refractivity contribution in [2.75, 3.05) is 0 Å². The highest BCUT2D eigenvalue weighted by Crippen LogP contribution is 2.23. The molecule has 0 saturated carbocycles. The van der Waals surface area contributed by atoms with E-state index < -0.39 is 12.7 Å². The standard InChI is InChI=1S/C9H11F3N4S/c1-3-16-7-6(5(2)14-16)13-8(17)15(7)4-9(10,11)12/h3-4H2,1-2H3,(H,13,17). The van der Waals surface area contributed by atoms with Crippen molar-refractivity contribution in [3.63, 3.8) is 0 Å². The Balaban J connectivity index is 2.69. The molecule has 0 amide bonds. The zero-order valence-corrected chi connectivity index (χ0v) is 10.1. The van der Waals surface area contributed by atoms with Crippen molar-refractivity contribution in [2.45, 2.75) is 33.1 Å². The number of imidazole rings is 1. The third-order valence-electron chi connectivity index (χ3n) is 2.47. The molecule has 8 heteroatoms. The Kier molecular flexibility index (Phi) is 2.76. The van der Waals surface area contributed by atoms with Gasteiger partial charge in [0.05, 0.1) is 5.69 Å². The summed E-state index contributed by atoms with van der Waals surface area (Å²) < 4.78 is 40.0. The van der Waals surface area contributed by atoms with Crippen LogP contribution in [0.1, 0.15) is 12.6 Å². The van der Waals surface area contributed by atoms with E-state index in [0.717, 1.165) is 4.57 Å². The molecule has 2 rings (SSSR count). The number of nitrogens with one attached hydrogen (secondary N) is 1. The first-order valence-corrected chi connectivity index (χ1v) is 5.47. The second kappa shape index (κ2) is 3.86. The van der Waals surface area contributed by atoms with E-state index in [1.165, 1.54) is 4.68 Å². The van der Waals surface area contributed by atoms with E-state index in [4.69, 9.17) is 12.2 Å². The lowest BCUT2D eigenvalue weighted by Crippen LogP contribution is -2.19. The molecule has 0 aliphatic rings. The summed E-state index contributed by atoms with van der Waals surface area (Å²) in [5.74, 6) is 0. The Labute approximate surface area is 100 Å². The van der Waals surface area contributed by atoms with Gasteiger partial charge in [-0.2, -0.15) is 18.3 Å². The molecule has 2 aromatic rings. The zero-order valence-electron chi connectivity index (χ0n) is 9.30. The van der Waals surface area contributed by atoms with Crippen molar-refractivity contribution in [3.8, 4) is 0 Å². The van der Waals surface area contributed by atoms with Gasteiger partial charge >= 0.3 is 6.18 Å². The highest BCUT2D eigenvalue weighted by Gasteiger charge is 2.30. The van der Waals surface area contributed by atoms with Gasteiger partial charge in [0.2, 0.25) is 0 Å². The van der Waals surface area contributed by atoms with Crippen LogP contribution in [0, 0.1) is 11.7 Å². The number of rotatable bonds is 2. The molecule has 4 nitrogen and oxygen atoms in total. The van der Waals surface area contributed by atoms with Crippen molar-refractivity contribution >= 4 is 23.4 Å². The number of halogens is 3. The van der Waals surface area contributed by atoms with Crippen LogP contribution < -0.4 is 0 Å². The molecule has 94 valence electrons. The van der Waals surface area contributed by atoms with E-state index in [2.05, 4.69) is 10.1 Å². The van der Waals surface area contributed by atoms with Gasteiger partial charge in [-0.1, -0.05) is 0 Å². The van der Waals surface area contributed by atoms with Crippen molar-refractivity contribution in [3.05, 3.63) is 10.5 Å². The maximum Gasteiger partial charge on any atom is 0.406 e. The summed E-state index contributed by atoms with van der Waals surface area (Å²) in [4.78, 5) is 2.77. The van der Waals surface area contributed by atoms with Gasteiger partial charge in [0.15, 0.2) is 10.4 Å². The van der Waals surface area contributed by atoms with Crippen LogP contribution in [0.3, 0.4) is 0 Å². The Morgan fingerprint density at radius 2 is 2.06 bits per heavy atom. The van der Waals surface area contributed by atoms with Crippen LogP contribution in [0.25, 0.3) is 11.2 Å². The van der Waals surface area contributed by atoms with E-state index in [-0.39, 0.29) is 4.77 Å². The Hall–Kier alpha value is -1.31. The molecular weight excluding hydrogens is 253 g/mol. The number of hydrogen-bond donors (Lipinski definition) is 1. The number of aromatic amines is 1. The van der Waals surface area contributed by atoms with E-state index in [9.17, 15) is 13.2 Å². The topological polar surface area (TPSA) is 38.5 Å². The number of nitrogens with zero attached hydrogens (tertiary/aromatic N) is 3. The first kappa shape index (κ1) is 12.2. The number of alkyl halides is 3. The van der Waals surface area contributed by atoms with Crippen molar-refractivity contribution in [2.24, 2.45) is 0 Å². The summed E-state index contributed by atoms with van der Waals surface area (Å²) in [5.41, 5.74) is 1.61. The summed E-state index contributed by atoms with van der Waals surface area (Å²) in [7, 11) is 0. The van der Waals surface area contributed by atoms with Gasteiger partial charge < -0.3 is 4.98 Å². The van der Waals surface area contributed by atoms with Gasteiger partial charge in [0.1, 0.15) is 12.1 Å². The van der Waals surface area contributed by atoms with Gasteiger partial charge in [-0.15, -0.1) is 0 Å². The third-order valence-corrected chi connectivity index (χ3v) is 2.79. The first-order valence-electron chi connectivity index (χ1n) is 5.06.